The molecule has 0 aliphatic carbocycles. The number of nitrogens with zero attached hydrogens (tertiary/aromatic N) is 1. The maximum absolute atomic E-state index is 12.7. The van der Waals surface area contributed by atoms with Crippen LogP contribution in [0.4, 0.5) is 0 Å². The summed E-state index contributed by atoms with van der Waals surface area (Å²) in [4.78, 5) is 24.4. The number of likely N-dealkylation sites (tertiary alicyclic amines) is 1. The Hall–Kier alpha value is -2.16. The van der Waals surface area contributed by atoms with Crippen LogP contribution in [0, 0.1) is 0 Å². The van der Waals surface area contributed by atoms with Gasteiger partial charge in [0.15, 0.2) is 0 Å². The summed E-state index contributed by atoms with van der Waals surface area (Å²) in [5.41, 5.74) is 0. The van der Waals surface area contributed by atoms with Gasteiger partial charge in [-0.15, -0.1) is 0 Å². The molecule has 0 saturated carbocycles. The summed E-state index contributed by atoms with van der Waals surface area (Å²) < 4.78 is 27.7. The largest absolute Gasteiger partial charge is 0.480 e. The van der Waals surface area contributed by atoms with Crippen molar-refractivity contribution in [2.75, 3.05) is 13.1 Å². The lowest BCUT2D eigenvalue weighted by atomic mass is 10.1. The van der Waals surface area contributed by atoms with Crippen LogP contribution < -0.4 is 4.72 Å². The highest BCUT2D eigenvalue weighted by Crippen LogP contribution is 2.23. The van der Waals surface area contributed by atoms with Crippen LogP contribution in [-0.2, 0) is 19.6 Å². The first-order valence-electron chi connectivity index (χ1n) is 7.98. The van der Waals surface area contributed by atoms with Crippen LogP contribution in [0.2, 0.25) is 5.02 Å². The van der Waals surface area contributed by atoms with Gasteiger partial charge in [-0.1, -0.05) is 23.7 Å². The number of benzene rings is 2. The first-order chi connectivity index (χ1) is 12.3. The molecule has 7 nitrogen and oxygen atoms in total. The molecule has 26 heavy (non-hydrogen) atoms. The Morgan fingerprint density at radius 3 is 2.65 bits per heavy atom. The summed E-state index contributed by atoms with van der Waals surface area (Å²) in [6.07, 6.45) is 0.861. The van der Waals surface area contributed by atoms with Gasteiger partial charge in [-0.05, 0) is 47.9 Å². The quantitative estimate of drug-likeness (QED) is 0.802. The zero-order chi connectivity index (χ0) is 18.9. The number of halogens is 1. The van der Waals surface area contributed by atoms with Crippen LogP contribution in [0.25, 0.3) is 10.8 Å². The van der Waals surface area contributed by atoms with Gasteiger partial charge >= 0.3 is 5.97 Å². The van der Waals surface area contributed by atoms with E-state index in [9.17, 15) is 18.0 Å². The first-order valence-corrected chi connectivity index (χ1v) is 9.84. The van der Waals surface area contributed by atoms with Crippen molar-refractivity contribution in [1.82, 2.24) is 9.62 Å². The van der Waals surface area contributed by atoms with Crippen molar-refractivity contribution in [3.8, 4) is 0 Å². The Morgan fingerprint density at radius 2 is 1.92 bits per heavy atom. The second-order valence-corrected chi connectivity index (χ2v) is 8.27. The Bertz CT molecular complexity index is 976. The summed E-state index contributed by atoms with van der Waals surface area (Å²) in [6.45, 7) is -0.131. The van der Waals surface area contributed by atoms with E-state index in [4.69, 9.17) is 16.7 Å². The van der Waals surface area contributed by atoms with Crippen LogP contribution in [0.15, 0.2) is 41.3 Å². The van der Waals surface area contributed by atoms with E-state index in [1.54, 1.807) is 24.3 Å². The Balaban J connectivity index is 1.83. The molecule has 0 radical (unpaired) electrons. The number of carbonyl (C=O) groups is 2. The van der Waals surface area contributed by atoms with Gasteiger partial charge in [0.25, 0.3) is 0 Å². The third-order valence-electron chi connectivity index (χ3n) is 4.24. The molecule has 0 spiro atoms. The first kappa shape index (κ1) is 18.6. The maximum Gasteiger partial charge on any atom is 0.323 e. The number of nitrogens with one attached hydrogen (secondary N) is 1. The monoisotopic (exact) mass is 396 g/mol. The van der Waals surface area contributed by atoms with E-state index in [1.807, 2.05) is 0 Å². The molecule has 1 unspecified atom stereocenters. The molecule has 9 heteroatoms. The summed E-state index contributed by atoms with van der Waals surface area (Å²) in [5, 5.41) is 10.9. The van der Waals surface area contributed by atoms with E-state index in [1.165, 1.54) is 12.1 Å². The minimum absolute atomic E-state index is 0.0375. The molecule has 3 rings (SSSR count). The van der Waals surface area contributed by atoms with Crippen molar-refractivity contribution >= 4 is 44.3 Å². The number of carboxylic acid groups (broad SMARTS) is 1. The highest BCUT2D eigenvalue weighted by Gasteiger charge is 2.33. The number of hydrogen-bond donors (Lipinski definition) is 2. The van der Waals surface area contributed by atoms with Crippen molar-refractivity contribution in [3.63, 3.8) is 0 Å². The number of carbonyl (C=O) groups excluding carboxylic acids is 1. The van der Waals surface area contributed by atoms with Gasteiger partial charge in [-0.25, -0.2) is 8.42 Å². The molecule has 1 aliphatic rings. The normalized spacial score (nSPS) is 18.3. The number of sulfonamides is 1. The molecule has 1 aliphatic heterocycles. The van der Waals surface area contributed by atoms with Gasteiger partial charge in [0, 0.05) is 11.6 Å². The minimum atomic E-state index is -3.92. The summed E-state index contributed by atoms with van der Waals surface area (Å²) >= 11 is 5.93. The lowest BCUT2D eigenvalue weighted by Crippen LogP contribution is -2.53. The van der Waals surface area contributed by atoms with Crippen LogP contribution in [0.3, 0.4) is 0 Å². The molecule has 138 valence electrons. The van der Waals surface area contributed by atoms with Crippen molar-refractivity contribution in [2.24, 2.45) is 0 Å². The van der Waals surface area contributed by atoms with E-state index in [2.05, 4.69) is 4.72 Å². The van der Waals surface area contributed by atoms with Gasteiger partial charge in [0.1, 0.15) is 12.6 Å². The predicted octanol–water partition coefficient (Wildman–Crippen LogP) is 1.85. The zero-order valence-corrected chi connectivity index (χ0v) is 15.3. The number of rotatable bonds is 5. The Kier molecular flexibility index (Phi) is 5.17. The summed E-state index contributed by atoms with van der Waals surface area (Å²) in [5.74, 6) is -1.65. The highest BCUT2D eigenvalue weighted by molar-refractivity contribution is 7.89. The molecule has 0 bridgehead atoms. The molecule has 0 aromatic heterocycles. The third kappa shape index (κ3) is 3.98. The fourth-order valence-electron chi connectivity index (χ4n) is 2.99. The highest BCUT2D eigenvalue weighted by atomic mass is 35.5. The Labute approximate surface area is 155 Å². The van der Waals surface area contributed by atoms with Gasteiger partial charge in [-0.2, -0.15) is 4.72 Å². The van der Waals surface area contributed by atoms with Crippen molar-refractivity contribution in [1.29, 1.82) is 0 Å². The smallest absolute Gasteiger partial charge is 0.323 e. The summed E-state index contributed by atoms with van der Waals surface area (Å²) in [6, 6.07) is 8.76. The van der Waals surface area contributed by atoms with E-state index in [-0.39, 0.29) is 4.90 Å². The molecule has 1 heterocycles. The number of amides is 1. The van der Waals surface area contributed by atoms with Gasteiger partial charge in [-0.3, -0.25) is 9.59 Å². The molecule has 1 saturated heterocycles. The number of hydrogen-bond acceptors (Lipinski definition) is 4. The fourth-order valence-corrected chi connectivity index (χ4v) is 4.43. The van der Waals surface area contributed by atoms with Crippen LogP contribution in [0.5, 0.6) is 0 Å². The number of carboxylic acids is 1. The van der Waals surface area contributed by atoms with Gasteiger partial charge < -0.3 is 10.0 Å². The van der Waals surface area contributed by atoms with E-state index in [0.29, 0.717) is 29.8 Å². The van der Waals surface area contributed by atoms with E-state index >= 15 is 0 Å². The fraction of sp³-hybridized carbons (Fsp3) is 0.294. The third-order valence-corrected chi connectivity index (χ3v) is 5.94. The average Bonchev–Trinajstić information content (AvgIpc) is 2.57. The van der Waals surface area contributed by atoms with Crippen LogP contribution in [-0.4, -0.2) is 49.4 Å². The second-order valence-electron chi connectivity index (χ2n) is 6.12. The van der Waals surface area contributed by atoms with Crippen molar-refractivity contribution in [2.45, 2.75) is 23.8 Å². The minimum Gasteiger partial charge on any atom is -0.480 e. The second kappa shape index (κ2) is 7.22. The lowest BCUT2D eigenvalue weighted by Gasteiger charge is -2.31. The molecular formula is C17H17ClN2O5S. The average molecular weight is 397 g/mol. The zero-order valence-electron chi connectivity index (χ0n) is 13.7. The summed E-state index contributed by atoms with van der Waals surface area (Å²) in [7, 11) is -3.92. The molecule has 2 N–H and O–H groups in total. The van der Waals surface area contributed by atoms with Gasteiger partial charge in [0.2, 0.25) is 15.9 Å². The van der Waals surface area contributed by atoms with Crippen LogP contribution in [0.1, 0.15) is 12.8 Å². The maximum atomic E-state index is 12.7. The lowest BCUT2D eigenvalue weighted by molar-refractivity contribution is -0.146. The SMILES string of the molecule is O=C(O)CN1CCCC(NS(=O)(=O)c2ccc3cc(Cl)ccc3c2)C1=O. The standard InChI is InChI=1S/C17H17ClN2O5S/c18-13-5-3-12-9-14(6-4-11(12)8-13)26(24,25)19-15-2-1-7-20(17(15)23)10-16(21)22/h3-6,8-9,15,19H,1-2,7,10H2,(H,21,22). The molecule has 2 aromatic rings. The molecule has 1 amide bonds. The number of piperidine rings is 1. The van der Waals surface area contributed by atoms with E-state index < -0.39 is 34.5 Å². The van der Waals surface area contributed by atoms with Crippen molar-refractivity contribution in [3.05, 3.63) is 41.4 Å². The van der Waals surface area contributed by atoms with Crippen LogP contribution >= 0.6 is 11.6 Å². The number of aliphatic carboxylic acids is 1. The number of fused-ring (bicyclic) bond motifs is 1. The Morgan fingerprint density at radius 1 is 1.23 bits per heavy atom. The molecule has 1 fully saturated rings. The molecular weight excluding hydrogens is 380 g/mol. The topological polar surface area (TPSA) is 104 Å². The van der Waals surface area contributed by atoms with E-state index in [0.717, 1.165) is 10.3 Å². The molecule has 1 atom stereocenters. The van der Waals surface area contributed by atoms with Crippen molar-refractivity contribution < 1.29 is 23.1 Å². The predicted molar refractivity (Wildman–Crippen MR) is 96.5 cm³/mol. The van der Waals surface area contributed by atoms with Gasteiger partial charge in [0.05, 0.1) is 4.90 Å². The molecule has 2 aromatic carbocycles.